The molecule has 0 aromatic heterocycles. The van der Waals surface area contributed by atoms with Crippen LogP contribution in [-0.4, -0.2) is 194 Å². The topological polar surface area (TPSA) is 260 Å². The van der Waals surface area contributed by atoms with E-state index >= 15 is 0 Å². The number of aliphatic hydroxyl groups is 3. The molecule has 7 aliphatic rings. The van der Waals surface area contributed by atoms with Crippen molar-refractivity contribution in [2.24, 2.45) is 23.7 Å². The van der Waals surface area contributed by atoms with Crippen molar-refractivity contribution in [2.45, 2.75) is 263 Å². The van der Waals surface area contributed by atoms with Crippen LogP contribution in [0.4, 0.5) is 0 Å². The Morgan fingerprint density at radius 2 is 0.783 bits per heavy atom. The van der Waals surface area contributed by atoms with E-state index in [1.165, 1.54) is 40.2 Å². The quantitative estimate of drug-likeness (QED) is 0.0806. The largest absolute Gasteiger partial charge is 0.453 e. The molecule has 0 aromatic carbocycles. The second-order valence-electron chi connectivity index (χ2n) is 23.7. The molecule has 0 spiro atoms. The molecule has 20 atom stereocenters. The summed E-state index contributed by atoms with van der Waals surface area (Å²) in [7, 11) is 6.28. The van der Waals surface area contributed by atoms with E-state index in [-0.39, 0.29) is 54.4 Å². The van der Waals surface area contributed by atoms with Crippen molar-refractivity contribution in [3.8, 4) is 0 Å². The Bertz CT molecular complexity index is 1970. The van der Waals surface area contributed by atoms with Crippen molar-refractivity contribution in [2.75, 3.05) is 35.0 Å². The Kier molecular flexibility index (Phi) is 27.0. The zero-order valence-electron chi connectivity index (χ0n) is 53.5. The lowest BCUT2D eigenvalue weighted by molar-refractivity contribution is -0.263. The van der Waals surface area contributed by atoms with Gasteiger partial charge in [0.25, 0.3) is 0 Å². The van der Waals surface area contributed by atoms with Crippen molar-refractivity contribution < 1.29 is 105 Å². The third kappa shape index (κ3) is 16.0. The zero-order chi connectivity index (χ0) is 63.6. The fraction of sp³-hybridized carbons (Fsp3) is 0.820. The maximum absolute atomic E-state index is 11.3. The Labute approximate surface area is 494 Å². The second-order valence-corrected chi connectivity index (χ2v) is 23.7. The maximum atomic E-state index is 11.3. The van der Waals surface area contributed by atoms with Crippen LogP contribution in [0.25, 0.3) is 0 Å². The van der Waals surface area contributed by atoms with E-state index in [0.29, 0.717) is 18.6 Å². The summed E-state index contributed by atoms with van der Waals surface area (Å²) < 4.78 is 90.7. The van der Waals surface area contributed by atoms with Gasteiger partial charge in [0.15, 0.2) is 47.9 Å². The van der Waals surface area contributed by atoms with Crippen molar-refractivity contribution in [1.29, 1.82) is 0 Å². The van der Waals surface area contributed by atoms with Crippen LogP contribution in [0.15, 0.2) is 50.6 Å². The number of rotatable bonds is 20. The van der Waals surface area contributed by atoms with Crippen molar-refractivity contribution >= 4 is 17.7 Å². The van der Waals surface area contributed by atoms with Gasteiger partial charge < -0.3 is 91.1 Å². The van der Waals surface area contributed by atoms with E-state index in [0.717, 1.165) is 6.42 Å². The Morgan fingerprint density at radius 1 is 0.470 bits per heavy atom. The molecule has 0 amide bonds. The van der Waals surface area contributed by atoms with Crippen LogP contribution in [0.2, 0.25) is 0 Å². The minimum absolute atomic E-state index is 0.0777. The summed E-state index contributed by atoms with van der Waals surface area (Å²) in [6.45, 7) is 45.7. The van der Waals surface area contributed by atoms with E-state index in [9.17, 15) is 29.7 Å². The number of aliphatic hydroxyl groups excluding tert-OH is 3. The summed E-state index contributed by atoms with van der Waals surface area (Å²) >= 11 is 0. The number of carbonyl (C=O) groups excluding carboxylic acids is 3. The van der Waals surface area contributed by atoms with Crippen LogP contribution in [-0.2, 0) is 90.2 Å². The molecule has 7 saturated heterocycles. The summed E-state index contributed by atoms with van der Waals surface area (Å²) in [5.74, 6) is -2.21. The van der Waals surface area contributed by atoms with Crippen LogP contribution in [0, 0.1) is 23.7 Å². The molecule has 0 aromatic rings. The summed E-state index contributed by atoms with van der Waals surface area (Å²) in [6.07, 6.45) is 0.465. The molecular weight excluding hydrogens is 1080 g/mol. The monoisotopic (exact) mass is 1190 g/mol. The number of fused-ring (bicyclic) bond motifs is 3. The highest BCUT2D eigenvalue weighted by molar-refractivity contribution is 5.82. The number of methoxy groups -OCH3 is 4. The smallest absolute Gasteiger partial charge is 0.305 e. The number of ketones is 1. The molecule has 7 aliphatic heterocycles. The van der Waals surface area contributed by atoms with Gasteiger partial charge in [0.05, 0.1) is 6.61 Å². The predicted octanol–water partition coefficient (Wildman–Crippen LogP) is 7.16. The van der Waals surface area contributed by atoms with Crippen LogP contribution in [0.1, 0.15) is 137 Å². The van der Waals surface area contributed by atoms with E-state index in [2.05, 4.69) is 40.2 Å². The highest BCUT2D eigenvalue weighted by Gasteiger charge is 2.67. The number of hydrogen-bond acceptors (Lipinski definition) is 22. The molecule has 0 saturated carbocycles. The van der Waals surface area contributed by atoms with Gasteiger partial charge in [-0.15, -0.1) is 26.3 Å². The lowest BCUT2D eigenvalue weighted by Gasteiger charge is -2.38. The zero-order valence-corrected chi connectivity index (χ0v) is 53.5. The third-order valence-corrected chi connectivity index (χ3v) is 16.3. The highest BCUT2D eigenvalue weighted by Crippen LogP contribution is 2.50. The van der Waals surface area contributed by atoms with Crippen molar-refractivity contribution in [3.05, 3.63) is 50.6 Å². The van der Waals surface area contributed by atoms with Crippen LogP contribution >= 0.6 is 0 Å². The van der Waals surface area contributed by atoms with E-state index in [1.807, 2.05) is 82.2 Å². The number of Topliss-reactive ketones (excluding diaryl/α,β-unsaturated/α-hetero) is 1. The fourth-order valence-corrected chi connectivity index (χ4v) is 12.1. The highest BCUT2D eigenvalue weighted by atomic mass is 16.9. The normalized spacial score (nSPS) is 37.9. The molecule has 7 heterocycles. The first-order valence-corrected chi connectivity index (χ1v) is 28.8. The van der Waals surface area contributed by atoms with Gasteiger partial charge in [0.1, 0.15) is 77.5 Å². The molecule has 3 N–H and O–H groups in total. The molecule has 0 aliphatic carbocycles. The summed E-state index contributed by atoms with van der Waals surface area (Å²) in [5.41, 5.74) is -3.34. The van der Waals surface area contributed by atoms with Crippen LogP contribution in [0.5, 0.6) is 0 Å². The Morgan fingerprint density at radius 3 is 1.07 bits per heavy atom. The van der Waals surface area contributed by atoms with Gasteiger partial charge in [-0.25, -0.2) is 0 Å². The lowest BCUT2D eigenvalue weighted by atomic mass is 9.81. The molecule has 83 heavy (non-hydrogen) atoms. The van der Waals surface area contributed by atoms with Crippen molar-refractivity contribution in [3.63, 3.8) is 0 Å². The van der Waals surface area contributed by atoms with E-state index in [1.54, 1.807) is 34.1 Å². The number of ether oxygens (including phenoxy) is 16. The molecule has 7 rings (SSSR count). The minimum Gasteiger partial charge on any atom is -0.453 e. The van der Waals surface area contributed by atoms with E-state index < -0.39 is 114 Å². The molecule has 480 valence electrons. The second kappa shape index (κ2) is 30.2. The number of carbonyl (C=O) groups is 3. The predicted molar refractivity (Wildman–Crippen MR) is 305 cm³/mol. The third-order valence-electron chi connectivity index (χ3n) is 16.3. The Hall–Kier alpha value is -3.11. The first kappa shape index (κ1) is 74.1. The lowest BCUT2D eigenvalue weighted by Crippen LogP contribution is -2.56. The summed E-state index contributed by atoms with van der Waals surface area (Å²) in [4.78, 5) is 33.4. The van der Waals surface area contributed by atoms with E-state index in [4.69, 9.17) is 75.8 Å². The van der Waals surface area contributed by atoms with Crippen LogP contribution in [0.3, 0.4) is 0 Å². The minimum atomic E-state index is -1.30. The fourth-order valence-electron chi connectivity index (χ4n) is 12.1. The Balaban J connectivity index is 0.000000278. The molecule has 22 nitrogen and oxygen atoms in total. The SMILES string of the molecule is C=C[C@H](C)[C@@]1(CC)OC(OC(C)=O)[C@H](OC(C)=O)[C@@H]1OC.C=C[C@H](C)[C@@]1(CC)O[C@@H]2OC(C)(C)O[C@@H]2[C@@H]1OC.C=C[C@H](O)[C@@]1(CC)O[C@@H]2OC(C)(C)O[C@@H]2[C@@H]1OC.C=C[C@H](O)[C@@]1(CO)O[C@@H]2OC(C)(C)O[C@@H]2[C@@H]1OC.CC(C)C(=O)C(C)C. The molecule has 1 unspecified atom stereocenters. The van der Waals surface area contributed by atoms with Gasteiger partial charge in [0, 0.05) is 66.0 Å². The molecule has 0 bridgehead atoms. The molecule has 0 radical (unpaired) electrons. The molecule has 7 fully saturated rings. The van der Waals surface area contributed by atoms with Gasteiger partial charge in [-0.3, -0.25) is 14.4 Å². The number of esters is 2. The van der Waals surface area contributed by atoms with Crippen LogP contribution < -0.4 is 0 Å². The summed E-state index contributed by atoms with van der Waals surface area (Å²) in [6, 6.07) is 0. The van der Waals surface area contributed by atoms with Gasteiger partial charge in [-0.2, -0.15) is 0 Å². The summed E-state index contributed by atoms with van der Waals surface area (Å²) in [5, 5.41) is 29.7. The molecule has 22 heteroatoms. The maximum Gasteiger partial charge on any atom is 0.305 e. The van der Waals surface area contributed by atoms with Gasteiger partial charge in [0.2, 0.25) is 6.29 Å². The van der Waals surface area contributed by atoms with Gasteiger partial charge in [-0.1, -0.05) is 86.6 Å². The first-order valence-electron chi connectivity index (χ1n) is 28.8. The number of hydrogen-bond donors (Lipinski definition) is 3. The average molecular weight is 1190 g/mol. The molecular formula is C61H104O22. The van der Waals surface area contributed by atoms with Gasteiger partial charge >= 0.3 is 11.9 Å². The first-order chi connectivity index (χ1) is 38.6. The van der Waals surface area contributed by atoms with Gasteiger partial charge in [-0.05, 0) is 60.8 Å². The standard InChI is InChI=1S/C15H24O6.C14H24O4.C13H22O5.C12H20O6.C7H14O/c1-7-9(3)15(8-2)13(18-6)12(19-10(4)16)14(21-15)20-11(5)17;1-7-9(3)14(8-2)11(15-6)10-12(18-14)17-13(4,5)16-10;1-6-8(14)13(7-2)10(15-5)9-11(18-13)17-12(3,4)16-9;1-5-7(14)12(6-13)9(15-4)8-10(18-12)17-11(2,3)16-8;1-5(2)7(8)6(3)4/h7,9,12-14H,1,8H2,2-6H3;7,9-12H,1,8H2,2-6H3;6,8-11,14H,1,7H2,2-5H3;5,7-10,13-14H,1,6H2,2-4H3;5-6H,1-4H3/t9-,12+,13-,14?,15+;9-,10+,11-,12-,14+;8-,9+,10-,11-,13+;7-,8+,9-,10-,12+;/m0000./s1. The van der Waals surface area contributed by atoms with Crippen molar-refractivity contribution in [1.82, 2.24) is 0 Å². The average Bonchev–Trinajstić information content (AvgIpc) is 2.04.